The van der Waals surface area contributed by atoms with E-state index in [2.05, 4.69) is 5.32 Å². The van der Waals surface area contributed by atoms with Crippen LogP contribution in [0, 0.1) is 0 Å². The van der Waals surface area contributed by atoms with Crippen molar-refractivity contribution < 1.29 is 22.8 Å². The van der Waals surface area contributed by atoms with E-state index >= 15 is 0 Å². The quantitative estimate of drug-likeness (QED) is 0.798. The number of piperazine rings is 1. The van der Waals surface area contributed by atoms with Gasteiger partial charge in [0.25, 0.3) is 5.91 Å². The van der Waals surface area contributed by atoms with E-state index in [1.54, 1.807) is 29.2 Å². The Morgan fingerprint density at radius 2 is 1.39 bits per heavy atom. The van der Waals surface area contributed by atoms with E-state index in [0.717, 1.165) is 12.1 Å². The molecule has 2 aromatic carbocycles. The summed E-state index contributed by atoms with van der Waals surface area (Å²) < 4.78 is 37.9. The summed E-state index contributed by atoms with van der Waals surface area (Å²) in [6, 6.07) is 10.5. The van der Waals surface area contributed by atoms with Crippen molar-refractivity contribution in [3.05, 3.63) is 64.7 Å². The fourth-order valence-electron chi connectivity index (χ4n) is 2.83. The molecule has 0 spiro atoms. The Balaban J connectivity index is 1.55. The monoisotopic (exact) mass is 411 g/mol. The van der Waals surface area contributed by atoms with Crippen LogP contribution in [0.25, 0.3) is 0 Å². The van der Waals surface area contributed by atoms with Crippen LogP contribution in [0.15, 0.2) is 48.5 Å². The standard InChI is InChI=1S/C19H17ClF3N3O2/c20-15-5-7-16(8-6-15)24-18(28)26-11-9-25(10-12-26)17(27)13-1-3-14(4-2-13)19(21,22)23/h1-8H,9-12H2,(H,24,28). The largest absolute Gasteiger partial charge is 0.416 e. The zero-order valence-electron chi connectivity index (χ0n) is 14.7. The molecule has 2 aromatic rings. The number of carbonyl (C=O) groups is 2. The van der Waals surface area contributed by atoms with Crippen molar-refractivity contribution in [2.24, 2.45) is 0 Å². The number of anilines is 1. The summed E-state index contributed by atoms with van der Waals surface area (Å²) in [4.78, 5) is 27.9. The smallest absolute Gasteiger partial charge is 0.335 e. The van der Waals surface area contributed by atoms with Crippen molar-refractivity contribution in [1.82, 2.24) is 9.80 Å². The average Bonchev–Trinajstić information content (AvgIpc) is 2.69. The fourth-order valence-corrected chi connectivity index (χ4v) is 2.96. The summed E-state index contributed by atoms with van der Waals surface area (Å²) in [7, 11) is 0. The first-order valence-electron chi connectivity index (χ1n) is 8.52. The summed E-state index contributed by atoms with van der Waals surface area (Å²) in [5.41, 5.74) is -0.00235. The van der Waals surface area contributed by atoms with E-state index in [1.165, 1.54) is 17.0 Å². The molecular formula is C19H17ClF3N3O2. The lowest BCUT2D eigenvalue weighted by Crippen LogP contribution is -2.51. The summed E-state index contributed by atoms with van der Waals surface area (Å²) in [5, 5.41) is 3.32. The minimum atomic E-state index is -4.44. The first kappa shape index (κ1) is 20.0. The number of benzene rings is 2. The summed E-state index contributed by atoms with van der Waals surface area (Å²) in [6.45, 7) is 1.25. The van der Waals surface area contributed by atoms with Crippen LogP contribution in [-0.2, 0) is 6.18 Å². The van der Waals surface area contributed by atoms with E-state index in [9.17, 15) is 22.8 Å². The van der Waals surface area contributed by atoms with Crippen LogP contribution in [0.1, 0.15) is 15.9 Å². The number of hydrogen-bond donors (Lipinski definition) is 1. The number of amides is 3. The SMILES string of the molecule is O=C(Nc1ccc(Cl)cc1)N1CCN(C(=O)c2ccc(C(F)(F)F)cc2)CC1. The van der Waals surface area contributed by atoms with Gasteiger partial charge in [-0.3, -0.25) is 4.79 Å². The number of urea groups is 1. The Bertz CT molecular complexity index is 846. The van der Waals surface area contributed by atoms with E-state index in [4.69, 9.17) is 11.6 Å². The van der Waals surface area contributed by atoms with Gasteiger partial charge in [-0.1, -0.05) is 11.6 Å². The molecule has 1 aliphatic heterocycles. The molecular weight excluding hydrogens is 395 g/mol. The minimum absolute atomic E-state index is 0.187. The molecule has 9 heteroatoms. The second-order valence-corrected chi connectivity index (χ2v) is 6.73. The van der Waals surface area contributed by atoms with Crippen molar-refractivity contribution in [2.45, 2.75) is 6.18 Å². The van der Waals surface area contributed by atoms with Gasteiger partial charge in [-0.25, -0.2) is 4.79 Å². The number of rotatable bonds is 2. The first-order chi connectivity index (χ1) is 13.2. The van der Waals surface area contributed by atoms with Gasteiger partial charge in [-0.15, -0.1) is 0 Å². The minimum Gasteiger partial charge on any atom is -0.335 e. The molecule has 0 saturated carbocycles. The molecule has 5 nitrogen and oxygen atoms in total. The molecule has 3 rings (SSSR count). The van der Waals surface area contributed by atoms with Crippen molar-refractivity contribution >= 4 is 29.2 Å². The molecule has 1 N–H and O–H groups in total. The lowest BCUT2D eigenvalue weighted by atomic mass is 10.1. The normalized spacial score (nSPS) is 14.7. The van der Waals surface area contributed by atoms with Crippen molar-refractivity contribution in [3.8, 4) is 0 Å². The van der Waals surface area contributed by atoms with Crippen LogP contribution in [-0.4, -0.2) is 47.9 Å². The van der Waals surface area contributed by atoms with Gasteiger partial charge in [-0.05, 0) is 48.5 Å². The van der Waals surface area contributed by atoms with Crippen LogP contribution in [0.3, 0.4) is 0 Å². The third-order valence-electron chi connectivity index (χ3n) is 4.41. The number of carbonyl (C=O) groups excluding carboxylic acids is 2. The average molecular weight is 412 g/mol. The highest BCUT2D eigenvalue weighted by Gasteiger charge is 2.31. The fraction of sp³-hybridized carbons (Fsp3) is 0.263. The molecule has 0 aliphatic carbocycles. The Labute approximate surface area is 164 Å². The highest BCUT2D eigenvalue weighted by atomic mass is 35.5. The van der Waals surface area contributed by atoms with E-state index < -0.39 is 11.7 Å². The van der Waals surface area contributed by atoms with Gasteiger partial charge in [0.1, 0.15) is 0 Å². The molecule has 1 fully saturated rings. The molecule has 0 atom stereocenters. The van der Waals surface area contributed by atoms with Crippen molar-refractivity contribution in [2.75, 3.05) is 31.5 Å². The predicted molar refractivity (Wildman–Crippen MR) is 99.4 cm³/mol. The molecule has 0 radical (unpaired) electrons. The van der Waals surface area contributed by atoms with Gasteiger partial charge in [0.2, 0.25) is 0 Å². The molecule has 0 bridgehead atoms. The Kier molecular flexibility index (Phi) is 5.79. The third kappa shape index (κ3) is 4.75. The van der Waals surface area contributed by atoms with Crippen molar-refractivity contribution in [1.29, 1.82) is 0 Å². The Hall–Kier alpha value is -2.74. The summed E-state index contributed by atoms with van der Waals surface area (Å²) in [6.07, 6.45) is -4.44. The lowest BCUT2D eigenvalue weighted by molar-refractivity contribution is -0.137. The first-order valence-corrected chi connectivity index (χ1v) is 8.90. The maximum absolute atomic E-state index is 12.6. The molecule has 1 aliphatic rings. The topological polar surface area (TPSA) is 52.7 Å². The second-order valence-electron chi connectivity index (χ2n) is 6.29. The molecule has 28 heavy (non-hydrogen) atoms. The van der Waals surface area contributed by atoms with Crippen LogP contribution in [0.2, 0.25) is 5.02 Å². The lowest BCUT2D eigenvalue weighted by Gasteiger charge is -2.34. The number of nitrogens with zero attached hydrogens (tertiary/aromatic N) is 2. The molecule has 148 valence electrons. The van der Waals surface area contributed by atoms with Crippen molar-refractivity contribution in [3.63, 3.8) is 0 Å². The van der Waals surface area contributed by atoms with E-state index in [-0.39, 0.29) is 17.5 Å². The predicted octanol–water partition coefficient (Wildman–Crippen LogP) is 4.35. The number of alkyl halides is 3. The highest BCUT2D eigenvalue weighted by molar-refractivity contribution is 6.30. The van der Waals surface area contributed by atoms with Gasteiger partial charge < -0.3 is 15.1 Å². The van der Waals surface area contributed by atoms with E-state index in [1.807, 2.05) is 0 Å². The maximum atomic E-state index is 12.6. The zero-order chi connectivity index (χ0) is 20.3. The Morgan fingerprint density at radius 1 is 0.857 bits per heavy atom. The summed E-state index contributed by atoms with van der Waals surface area (Å²) in [5.74, 6) is -0.355. The van der Waals surface area contributed by atoms with Gasteiger partial charge in [0, 0.05) is 42.5 Å². The van der Waals surface area contributed by atoms with E-state index in [0.29, 0.717) is 36.9 Å². The highest BCUT2D eigenvalue weighted by Crippen LogP contribution is 2.29. The zero-order valence-corrected chi connectivity index (χ0v) is 15.4. The molecule has 1 heterocycles. The van der Waals surface area contributed by atoms with Gasteiger partial charge >= 0.3 is 12.2 Å². The maximum Gasteiger partial charge on any atom is 0.416 e. The molecule has 3 amide bonds. The third-order valence-corrected chi connectivity index (χ3v) is 4.66. The van der Waals surface area contributed by atoms with Crippen LogP contribution in [0.4, 0.5) is 23.7 Å². The molecule has 0 unspecified atom stereocenters. The summed E-state index contributed by atoms with van der Waals surface area (Å²) >= 11 is 5.81. The van der Waals surface area contributed by atoms with Crippen LogP contribution in [0.5, 0.6) is 0 Å². The molecule has 1 saturated heterocycles. The van der Waals surface area contributed by atoms with Gasteiger partial charge in [0.15, 0.2) is 0 Å². The van der Waals surface area contributed by atoms with Gasteiger partial charge in [-0.2, -0.15) is 13.2 Å². The Morgan fingerprint density at radius 3 is 1.93 bits per heavy atom. The number of hydrogen-bond acceptors (Lipinski definition) is 2. The van der Waals surface area contributed by atoms with Crippen LogP contribution >= 0.6 is 11.6 Å². The molecule has 0 aromatic heterocycles. The number of halogens is 4. The number of nitrogens with one attached hydrogen (secondary N) is 1. The second kappa shape index (κ2) is 8.10. The van der Waals surface area contributed by atoms with Gasteiger partial charge in [0.05, 0.1) is 5.56 Å². The van der Waals surface area contributed by atoms with Crippen LogP contribution < -0.4 is 5.32 Å².